The third-order valence-electron chi connectivity index (χ3n) is 3.47. The summed E-state index contributed by atoms with van der Waals surface area (Å²) >= 11 is 1.42. The van der Waals surface area contributed by atoms with E-state index in [0.29, 0.717) is 23.6 Å². The van der Waals surface area contributed by atoms with Crippen molar-refractivity contribution in [3.8, 4) is 0 Å². The van der Waals surface area contributed by atoms with Crippen LogP contribution < -0.4 is 5.32 Å². The Balaban J connectivity index is 1.88. The third kappa shape index (κ3) is 6.55. The van der Waals surface area contributed by atoms with Gasteiger partial charge in [0, 0.05) is 18.9 Å². The number of nitrogens with one attached hydrogen (secondary N) is 2. The maximum atomic E-state index is 11.8. The number of ether oxygens (including phenoxy) is 1. The minimum absolute atomic E-state index is 0.221. The Labute approximate surface area is 158 Å². The lowest BCUT2D eigenvalue weighted by molar-refractivity contribution is 0.0510. The number of aromatic nitrogens is 2. The van der Waals surface area contributed by atoms with E-state index in [1.165, 1.54) is 22.5 Å². The molecular weight excluding hydrogens is 348 g/mol. The van der Waals surface area contributed by atoms with Gasteiger partial charge in [-0.1, -0.05) is 41.2 Å². The first-order chi connectivity index (χ1) is 12.1. The Morgan fingerprint density at radius 2 is 1.92 bits per heavy atom. The maximum Gasteiger partial charge on any atom is 0.407 e. The fraction of sp³-hybridized carbons (Fsp3) is 0.474. The topological polar surface area (TPSA) is 88.0 Å². The van der Waals surface area contributed by atoms with Crippen molar-refractivity contribution in [1.82, 2.24) is 15.5 Å². The number of amides is 1. The normalized spacial score (nSPS) is 12.5. The van der Waals surface area contributed by atoms with E-state index in [9.17, 15) is 4.79 Å². The van der Waals surface area contributed by atoms with Crippen molar-refractivity contribution in [2.24, 2.45) is 0 Å². The first-order valence-corrected chi connectivity index (χ1v) is 9.39. The predicted molar refractivity (Wildman–Crippen MR) is 104 cm³/mol. The van der Waals surface area contributed by atoms with Gasteiger partial charge in [0.05, 0.1) is 5.71 Å². The van der Waals surface area contributed by atoms with Crippen LogP contribution in [0.4, 0.5) is 4.79 Å². The summed E-state index contributed by atoms with van der Waals surface area (Å²) in [5, 5.41) is 20.7. The second kappa shape index (κ2) is 8.40. The van der Waals surface area contributed by atoms with Gasteiger partial charge in [0.1, 0.15) is 10.6 Å². The summed E-state index contributed by atoms with van der Waals surface area (Å²) in [5.74, 6) is 0. The van der Waals surface area contributed by atoms with Crippen molar-refractivity contribution in [3.05, 3.63) is 45.4 Å². The summed E-state index contributed by atoms with van der Waals surface area (Å²) in [7, 11) is 0. The van der Waals surface area contributed by atoms with Gasteiger partial charge in [-0.2, -0.15) is 0 Å². The molecule has 6 nitrogen and oxygen atoms in total. The van der Waals surface area contributed by atoms with E-state index in [1.54, 1.807) is 0 Å². The van der Waals surface area contributed by atoms with Gasteiger partial charge in [0.15, 0.2) is 5.01 Å². The molecular formula is C19H26N4O2S. The molecule has 0 aliphatic rings. The largest absolute Gasteiger partial charge is 0.444 e. The highest BCUT2D eigenvalue weighted by molar-refractivity contribution is 7.13. The molecule has 0 saturated heterocycles. The molecule has 0 unspecified atom stereocenters. The zero-order valence-electron chi connectivity index (χ0n) is 15.9. The highest BCUT2D eigenvalue weighted by Crippen LogP contribution is 2.17. The van der Waals surface area contributed by atoms with Gasteiger partial charge in [-0.15, -0.1) is 10.2 Å². The molecule has 2 rings (SSSR count). The number of nitrogens with zero attached hydrogens (tertiary/aromatic N) is 2. The number of hydrogen-bond donors (Lipinski definition) is 2. The van der Waals surface area contributed by atoms with Crippen molar-refractivity contribution >= 4 is 23.1 Å². The van der Waals surface area contributed by atoms with Crippen LogP contribution in [0.5, 0.6) is 0 Å². The van der Waals surface area contributed by atoms with Crippen molar-refractivity contribution in [3.63, 3.8) is 0 Å². The number of alkyl carbamates (subject to hydrolysis) is 1. The zero-order valence-corrected chi connectivity index (χ0v) is 16.7. The van der Waals surface area contributed by atoms with E-state index in [1.807, 2.05) is 27.7 Å². The lowest BCUT2D eigenvalue weighted by atomic mass is 10.1. The van der Waals surface area contributed by atoms with Crippen LogP contribution in [-0.2, 0) is 11.2 Å². The first-order valence-electron chi connectivity index (χ1n) is 8.57. The summed E-state index contributed by atoms with van der Waals surface area (Å²) in [4.78, 5) is 11.8. The van der Waals surface area contributed by atoms with E-state index >= 15 is 0 Å². The van der Waals surface area contributed by atoms with Crippen molar-refractivity contribution in [1.29, 1.82) is 5.41 Å². The quantitative estimate of drug-likeness (QED) is 0.745. The number of hydrogen-bond acceptors (Lipinski definition) is 6. The van der Waals surface area contributed by atoms with Crippen molar-refractivity contribution in [2.75, 3.05) is 0 Å². The molecule has 1 aromatic carbocycles. The van der Waals surface area contributed by atoms with Crippen LogP contribution in [0.15, 0.2) is 24.3 Å². The number of carbonyl (C=O) groups is 1. The zero-order chi connectivity index (χ0) is 19.3. The average molecular weight is 375 g/mol. The molecule has 0 aliphatic heterocycles. The SMILES string of the molecule is Cc1ccc(Cc2nnc(C(=N)C[C@H](C)NC(=O)OC(C)(C)C)s2)cc1. The lowest BCUT2D eigenvalue weighted by Gasteiger charge is -2.21. The lowest BCUT2D eigenvalue weighted by Crippen LogP contribution is -2.38. The van der Waals surface area contributed by atoms with Crippen LogP contribution >= 0.6 is 11.3 Å². The van der Waals surface area contributed by atoms with Gasteiger partial charge in [0.25, 0.3) is 0 Å². The van der Waals surface area contributed by atoms with E-state index in [4.69, 9.17) is 10.1 Å². The van der Waals surface area contributed by atoms with Gasteiger partial charge in [-0.05, 0) is 40.2 Å². The van der Waals surface area contributed by atoms with Crippen molar-refractivity contribution < 1.29 is 9.53 Å². The fourth-order valence-electron chi connectivity index (χ4n) is 2.28. The molecule has 1 aromatic heterocycles. The predicted octanol–water partition coefficient (Wildman–Crippen LogP) is 4.11. The molecule has 0 fully saturated rings. The van der Waals surface area contributed by atoms with Gasteiger partial charge < -0.3 is 15.5 Å². The average Bonchev–Trinajstić information content (AvgIpc) is 2.96. The molecule has 0 radical (unpaired) electrons. The molecule has 0 bridgehead atoms. The molecule has 2 aromatic rings. The Morgan fingerprint density at radius 3 is 2.54 bits per heavy atom. The van der Waals surface area contributed by atoms with Crippen LogP contribution in [-0.4, -0.2) is 33.6 Å². The highest BCUT2D eigenvalue weighted by atomic mass is 32.1. The molecule has 2 N–H and O–H groups in total. The molecule has 1 heterocycles. The third-order valence-corrected chi connectivity index (χ3v) is 4.46. The standard InChI is InChI=1S/C19H26N4O2S/c1-12-6-8-14(9-7-12)11-16-22-23-17(26-16)15(20)10-13(2)21-18(24)25-19(3,4)5/h6-9,13,20H,10-11H2,1-5H3,(H,21,24)/t13-/m0/s1. The molecule has 7 heteroatoms. The van der Waals surface area contributed by atoms with Crippen LogP contribution in [0.1, 0.15) is 55.3 Å². The fourth-order valence-corrected chi connectivity index (χ4v) is 3.11. The van der Waals surface area contributed by atoms with Crippen LogP contribution in [0.2, 0.25) is 0 Å². The van der Waals surface area contributed by atoms with E-state index < -0.39 is 11.7 Å². The van der Waals surface area contributed by atoms with Crippen molar-refractivity contribution in [2.45, 2.75) is 59.1 Å². The molecule has 140 valence electrons. The van der Waals surface area contributed by atoms with E-state index in [-0.39, 0.29) is 6.04 Å². The molecule has 0 aliphatic carbocycles. The van der Waals surface area contributed by atoms with Gasteiger partial charge in [-0.3, -0.25) is 0 Å². The van der Waals surface area contributed by atoms with E-state index in [2.05, 4.69) is 46.7 Å². The number of benzene rings is 1. The van der Waals surface area contributed by atoms with Crippen LogP contribution in [0.25, 0.3) is 0 Å². The molecule has 0 saturated carbocycles. The molecule has 1 amide bonds. The number of aryl methyl sites for hydroxylation is 1. The maximum absolute atomic E-state index is 11.8. The highest BCUT2D eigenvalue weighted by Gasteiger charge is 2.19. The number of rotatable bonds is 6. The smallest absolute Gasteiger partial charge is 0.407 e. The van der Waals surface area contributed by atoms with E-state index in [0.717, 1.165) is 5.01 Å². The summed E-state index contributed by atoms with van der Waals surface area (Å²) in [6.07, 6.45) is 0.602. The monoisotopic (exact) mass is 374 g/mol. The molecule has 1 atom stereocenters. The minimum atomic E-state index is -0.540. The Bertz CT molecular complexity index is 763. The summed E-state index contributed by atoms with van der Waals surface area (Å²) in [6, 6.07) is 8.08. The molecule has 0 spiro atoms. The second-order valence-corrected chi connectivity index (χ2v) is 8.46. The minimum Gasteiger partial charge on any atom is -0.444 e. The van der Waals surface area contributed by atoms with Gasteiger partial charge in [-0.25, -0.2) is 4.79 Å². The van der Waals surface area contributed by atoms with Crippen LogP contribution in [0, 0.1) is 12.3 Å². The first kappa shape index (κ1) is 20.0. The summed E-state index contributed by atoms with van der Waals surface area (Å²) < 4.78 is 5.23. The van der Waals surface area contributed by atoms with Gasteiger partial charge in [0.2, 0.25) is 0 Å². The van der Waals surface area contributed by atoms with Crippen LogP contribution in [0.3, 0.4) is 0 Å². The molecule has 26 heavy (non-hydrogen) atoms. The second-order valence-electron chi connectivity index (χ2n) is 7.39. The Kier molecular flexibility index (Phi) is 6.47. The van der Waals surface area contributed by atoms with Gasteiger partial charge >= 0.3 is 6.09 Å². The Hall–Kier alpha value is -2.28. The Morgan fingerprint density at radius 1 is 1.27 bits per heavy atom. The number of carbonyl (C=O) groups excluding carboxylic acids is 1. The summed E-state index contributed by atoms with van der Waals surface area (Å²) in [6.45, 7) is 9.34. The summed E-state index contributed by atoms with van der Waals surface area (Å²) in [5.41, 5.74) is 2.22.